The molecular weight excluding hydrogens is 127 g/mol. The van der Waals surface area contributed by atoms with E-state index in [-0.39, 0.29) is 12.4 Å². The molecule has 0 aromatic carbocycles. The molecule has 0 aliphatic carbocycles. The molecule has 0 atom stereocenters. The number of hydrogen-bond acceptors (Lipinski definition) is 2. The second-order valence-corrected chi connectivity index (χ2v) is 3.79. The summed E-state index contributed by atoms with van der Waals surface area (Å²) in [5, 5.41) is 0.125. The van der Waals surface area contributed by atoms with Crippen LogP contribution in [0.25, 0.3) is 0 Å². The Balaban J connectivity index is 2.39. The predicted molar refractivity (Wildman–Crippen MR) is 42.0 cm³/mol. The van der Waals surface area contributed by atoms with Crippen LogP contribution in [0.2, 0.25) is 5.31 Å². The van der Waals surface area contributed by atoms with Crippen molar-refractivity contribution in [3.8, 4) is 0 Å². The third kappa shape index (κ3) is 1.99. The summed E-state index contributed by atoms with van der Waals surface area (Å²) in [4.78, 5) is 0. The van der Waals surface area contributed by atoms with Gasteiger partial charge in [0.25, 0.3) is 0 Å². The van der Waals surface area contributed by atoms with Crippen LogP contribution in [0.15, 0.2) is 0 Å². The van der Waals surface area contributed by atoms with E-state index < -0.39 is 0 Å². The summed E-state index contributed by atoms with van der Waals surface area (Å²) in [5.74, 6) is 0. The molecule has 0 amide bonds. The minimum absolute atomic E-state index is 0.00116. The highest BCUT2D eigenvalue weighted by Gasteiger charge is 2.35. The zero-order chi connectivity index (χ0) is 7.61. The maximum Gasteiger partial charge on any atom is 0.462 e. The zero-order valence-electron chi connectivity index (χ0n) is 7.02. The predicted octanol–water partition coefficient (Wildman–Crippen LogP) is 1.71. The average molecular weight is 142 g/mol. The third-order valence-corrected chi connectivity index (χ3v) is 1.53. The molecule has 1 saturated heterocycles. The van der Waals surface area contributed by atoms with E-state index in [4.69, 9.17) is 9.31 Å². The molecule has 2 nitrogen and oxygen atoms in total. The molecule has 1 aliphatic rings. The Hall–Kier alpha value is -0.0151. The first-order valence-electron chi connectivity index (χ1n) is 3.84. The summed E-state index contributed by atoms with van der Waals surface area (Å²) in [7, 11) is 0.00116. The number of hydrogen-bond donors (Lipinski definition) is 0. The first-order chi connectivity index (χ1) is 4.61. The van der Waals surface area contributed by atoms with Crippen LogP contribution in [0.1, 0.15) is 27.2 Å². The highest BCUT2D eigenvalue weighted by molar-refractivity contribution is 6.48. The van der Waals surface area contributed by atoms with Crippen LogP contribution < -0.4 is 0 Å². The lowest BCUT2D eigenvalue weighted by Gasteiger charge is -2.29. The SMILES string of the molecule is CC(C)(C)B1OCCCO1. The topological polar surface area (TPSA) is 18.5 Å². The first-order valence-corrected chi connectivity index (χ1v) is 3.84. The van der Waals surface area contributed by atoms with Crippen LogP contribution in [-0.2, 0) is 9.31 Å². The van der Waals surface area contributed by atoms with E-state index in [1.165, 1.54) is 0 Å². The molecule has 58 valence electrons. The van der Waals surface area contributed by atoms with Gasteiger partial charge in [-0.2, -0.15) is 0 Å². The van der Waals surface area contributed by atoms with Crippen LogP contribution in [0, 0.1) is 0 Å². The molecule has 0 radical (unpaired) electrons. The van der Waals surface area contributed by atoms with Crippen molar-refractivity contribution in [2.24, 2.45) is 0 Å². The molecule has 0 spiro atoms. The molecular formula is C7H15BO2. The summed E-state index contributed by atoms with van der Waals surface area (Å²) >= 11 is 0. The highest BCUT2D eigenvalue weighted by atomic mass is 16.6. The molecule has 0 unspecified atom stereocenters. The third-order valence-electron chi connectivity index (χ3n) is 1.53. The van der Waals surface area contributed by atoms with Crippen molar-refractivity contribution >= 4 is 7.12 Å². The largest absolute Gasteiger partial charge is 0.462 e. The van der Waals surface area contributed by atoms with Gasteiger partial charge in [-0.1, -0.05) is 20.8 Å². The molecule has 1 heterocycles. The molecule has 0 aromatic rings. The van der Waals surface area contributed by atoms with E-state index >= 15 is 0 Å². The van der Waals surface area contributed by atoms with E-state index in [1.54, 1.807) is 0 Å². The highest BCUT2D eigenvalue weighted by Crippen LogP contribution is 2.29. The molecule has 10 heavy (non-hydrogen) atoms. The van der Waals surface area contributed by atoms with Crippen molar-refractivity contribution in [1.82, 2.24) is 0 Å². The first kappa shape index (κ1) is 8.09. The van der Waals surface area contributed by atoms with Gasteiger partial charge in [0.15, 0.2) is 0 Å². The molecule has 1 rings (SSSR count). The van der Waals surface area contributed by atoms with Gasteiger partial charge < -0.3 is 9.31 Å². The van der Waals surface area contributed by atoms with Gasteiger partial charge >= 0.3 is 7.12 Å². The fourth-order valence-electron chi connectivity index (χ4n) is 0.988. The summed E-state index contributed by atoms with van der Waals surface area (Å²) in [6.45, 7) is 8.08. The van der Waals surface area contributed by atoms with Crippen LogP contribution in [0.3, 0.4) is 0 Å². The lowest BCUT2D eigenvalue weighted by Crippen LogP contribution is -2.37. The zero-order valence-corrected chi connectivity index (χ0v) is 7.02. The summed E-state index contributed by atoms with van der Waals surface area (Å²) < 4.78 is 10.8. The van der Waals surface area contributed by atoms with Crippen molar-refractivity contribution in [1.29, 1.82) is 0 Å². The van der Waals surface area contributed by atoms with Gasteiger partial charge in [0.2, 0.25) is 0 Å². The van der Waals surface area contributed by atoms with Crippen molar-refractivity contribution in [2.75, 3.05) is 13.2 Å². The van der Waals surface area contributed by atoms with Crippen LogP contribution in [0.5, 0.6) is 0 Å². The van der Waals surface area contributed by atoms with Gasteiger partial charge in [0.05, 0.1) is 0 Å². The Bertz CT molecular complexity index is 103. The molecule has 3 heteroatoms. The van der Waals surface area contributed by atoms with Gasteiger partial charge in [-0.05, 0) is 11.7 Å². The monoisotopic (exact) mass is 142 g/mol. The minimum atomic E-state index is 0.00116. The van der Waals surface area contributed by atoms with E-state index in [0.717, 1.165) is 19.6 Å². The second kappa shape index (κ2) is 2.93. The lowest BCUT2D eigenvalue weighted by atomic mass is 9.61. The molecule has 0 saturated carbocycles. The Morgan fingerprint density at radius 1 is 1.10 bits per heavy atom. The van der Waals surface area contributed by atoms with E-state index in [9.17, 15) is 0 Å². The molecule has 0 bridgehead atoms. The standard InChI is InChI=1S/C7H15BO2/c1-7(2,3)8-9-5-4-6-10-8/h4-6H2,1-3H3. The summed E-state index contributed by atoms with van der Waals surface area (Å²) in [5.41, 5.74) is 0. The van der Waals surface area contributed by atoms with Crippen molar-refractivity contribution in [2.45, 2.75) is 32.5 Å². The van der Waals surface area contributed by atoms with Crippen molar-refractivity contribution in [3.63, 3.8) is 0 Å². The van der Waals surface area contributed by atoms with Crippen LogP contribution in [0.4, 0.5) is 0 Å². The maximum absolute atomic E-state index is 5.42. The van der Waals surface area contributed by atoms with Crippen molar-refractivity contribution < 1.29 is 9.31 Å². The van der Waals surface area contributed by atoms with Crippen LogP contribution in [-0.4, -0.2) is 20.3 Å². The van der Waals surface area contributed by atoms with Crippen LogP contribution >= 0.6 is 0 Å². The summed E-state index contributed by atoms with van der Waals surface area (Å²) in [6, 6.07) is 0. The Kier molecular flexibility index (Phi) is 2.37. The Morgan fingerprint density at radius 2 is 1.60 bits per heavy atom. The van der Waals surface area contributed by atoms with E-state index in [1.807, 2.05) is 0 Å². The fourth-order valence-corrected chi connectivity index (χ4v) is 0.988. The smallest absolute Gasteiger partial charge is 0.411 e. The van der Waals surface area contributed by atoms with Gasteiger partial charge in [-0.25, -0.2) is 0 Å². The van der Waals surface area contributed by atoms with Crippen molar-refractivity contribution in [3.05, 3.63) is 0 Å². The van der Waals surface area contributed by atoms with E-state index in [0.29, 0.717) is 0 Å². The maximum atomic E-state index is 5.42. The molecule has 1 aliphatic heterocycles. The summed E-state index contributed by atoms with van der Waals surface area (Å²) in [6.07, 6.45) is 1.03. The van der Waals surface area contributed by atoms with Gasteiger partial charge in [0.1, 0.15) is 0 Å². The molecule has 0 N–H and O–H groups in total. The minimum Gasteiger partial charge on any atom is -0.411 e. The van der Waals surface area contributed by atoms with E-state index in [2.05, 4.69) is 20.8 Å². The Morgan fingerprint density at radius 3 is 1.90 bits per heavy atom. The average Bonchev–Trinajstić information content (AvgIpc) is 1.88. The normalized spacial score (nSPS) is 21.3. The van der Waals surface area contributed by atoms with Gasteiger partial charge in [0, 0.05) is 13.2 Å². The molecule has 1 fully saturated rings. The second-order valence-electron chi connectivity index (χ2n) is 3.79. The molecule has 0 aromatic heterocycles. The Labute approximate surface area is 63.0 Å². The fraction of sp³-hybridized carbons (Fsp3) is 1.00. The van der Waals surface area contributed by atoms with Gasteiger partial charge in [-0.15, -0.1) is 0 Å². The quantitative estimate of drug-likeness (QED) is 0.479. The number of rotatable bonds is 0. The lowest BCUT2D eigenvalue weighted by molar-refractivity contribution is 0.119. The van der Waals surface area contributed by atoms with Gasteiger partial charge in [-0.3, -0.25) is 0 Å².